The van der Waals surface area contributed by atoms with Crippen LogP contribution in [0.25, 0.3) is 0 Å². The Morgan fingerprint density at radius 1 is 1.35 bits per heavy atom. The maximum atomic E-state index is 4.31. The van der Waals surface area contributed by atoms with Crippen LogP contribution in [0.5, 0.6) is 0 Å². The fraction of sp³-hybridized carbons (Fsp3) is 0.643. The van der Waals surface area contributed by atoms with E-state index in [0.717, 1.165) is 25.3 Å². The lowest BCUT2D eigenvalue weighted by Gasteiger charge is -2.23. The second-order valence-electron chi connectivity index (χ2n) is 5.66. The molecule has 0 fully saturated rings. The standard InChI is InChI=1S/C14H25N3/c1-12-13(7-6-8-15-12)11-17(5)10-9-16-14(2,3)4/h6-8,16H,9-11H2,1-5H3. The van der Waals surface area contributed by atoms with Crippen molar-refractivity contribution in [1.29, 1.82) is 0 Å². The Morgan fingerprint density at radius 3 is 2.65 bits per heavy atom. The second-order valence-corrected chi connectivity index (χ2v) is 5.66. The van der Waals surface area contributed by atoms with Gasteiger partial charge in [0.2, 0.25) is 0 Å². The van der Waals surface area contributed by atoms with E-state index in [1.807, 2.05) is 12.3 Å². The van der Waals surface area contributed by atoms with Crippen LogP contribution in [0.3, 0.4) is 0 Å². The highest BCUT2D eigenvalue weighted by Gasteiger charge is 2.09. The monoisotopic (exact) mass is 235 g/mol. The minimum Gasteiger partial charge on any atom is -0.311 e. The van der Waals surface area contributed by atoms with E-state index in [9.17, 15) is 0 Å². The molecule has 0 saturated heterocycles. The molecule has 0 amide bonds. The molecule has 0 aliphatic heterocycles. The SMILES string of the molecule is Cc1ncccc1CN(C)CCNC(C)(C)C. The van der Waals surface area contributed by atoms with Crippen LogP contribution in [0.1, 0.15) is 32.0 Å². The summed E-state index contributed by atoms with van der Waals surface area (Å²) in [6.07, 6.45) is 1.85. The summed E-state index contributed by atoms with van der Waals surface area (Å²) in [6.45, 7) is 11.7. The molecule has 0 aliphatic carbocycles. The number of rotatable bonds is 5. The first-order chi connectivity index (χ1) is 7.88. The molecule has 0 aromatic carbocycles. The summed E-state index contributed by atoms with van der Waals surface area (Å²) in [5.74, 6) is 0. The molecule has 0 spiro atoms. The average Bonchev–Trinajstić information content (AvgIpc) is 2.19. The lowest BCUT2D eigenvalue weighted by molar-refractivity contribution is 0.302. The van der Waals surface area contributed by atoms with Crippen LogP contribution in [-0.2, 0) is 6.54 Å². The third-order valence-electron chi connectivity index (χ3n) is 2.71. The molecule has 3 nitrogen and oxygen atoms in total. The van der Waals surface area contributed by atoms with Crippen molar-refractivity contribution in [1.82, 2.24) is 15.2 Å². The van der Waals surface area contributed by atoms with Crippen LogP contribution < -0.4 is 5.32 Å². The van der Waals surface area contributed by atoms with Gasteiger partial charge in [-0.05, 0) is 46.4 Å². The molecule has 0 aliphatic rings. The summed E-state index contributed by atoms with van der Waals surface area (Å²) in [4.78, 5) is 6.63. The van der Waals surface area contributed by atoms with E-state index >= 15 is 0 Å². The van der Waals surface area contributed by atoms with Gasteiger partial charge in [0, 0.05) is 37.1 Å². The Hall–Kier alpha value is -0.930. The molecule has 3 heteroatoms. The zero-order valence-electron chi connectivity index (χ0n) is 11.7. The van der Waals surface area contributed by atoms with Crippen molar-refractivity contribution in [2.45, 2.75) is 39.8 Å². The highest BCUT2D eigenvalue weighted by atomic mass is 15.1. The van der Waals surface area contributed by atoms with Gasteiger partial charge in [-0.1, -0.05) is 6.07 Å². The zero-order valence-corrected chi connectivity index (χ0v) is 11.7. The molecule has 0 radical (unpaired) electrons. The van der Waals surface area contributed by atoms with Crippen LogP contribution in [0, 0.1) is 6.92 Å². The molecule has 0 unspecified atom stereocenters. The first kappa shape index (κ1) is 14.1. The van der Waals surface area contributed by atoms with Crippen LogP contribution in [0.2, 0.25) is 0 Å². The Bertz CT molecular complexity index is 342. The van der Waals surface area contributed by atoms with Crippen molar-refractivity contribution >= 4 is 0 Å². The van der Waals surface area contributed by atoms with Gasteiger partial charge in [-0.2, -0.15) is 0 Å². The van der Waals surface area contributed by atoms with Crippen molar-refractivity contribution in [3.05, 3.63) is 29.6 Å². The Balaban J connectivity index is 2.35. The number of aromatic nitrogens is 1. The van der Waals surface area contributed by atoms with Crippen LogP contribution >= 0.6 is 0 Å². The fourth-order valence-electron chi connectivity index (χ4n) is 1.68. The Morgan fingerprint density at radius 2 is 2.06 bits per heavy atom. The van der Waals surface area contributed by atoms with Gasteiger partial charge in [0.05, 0.1) is 0 Å². The third kappa shape index (κ3) is 5.80. The Kier molecular flexibility index (Phi) is 5.09. The molecule has 1 heterocycles. The van der Waals surface area contributed by atoms with Gasteiger partial charge >= 0.3 is 0 Å². The van der Waals surface area contributed by atoms with Crippen molar-refractivity contribution in [3.63, 3.8) is 0 Å². The van der Waals surface area contributed by atoms with Crippen LogP contribution in [-0.4, -0.2) is 35.6 Å². The minimum atomic E-state index is 0.199. The van der Waals surface area contributed by atoms with E-state index in [4.69, 9.17) is 0 Å². The number of aryl methyl sites for hydroxylation is 1. The number of hydrogen-bond donors (Lipinski definition) is 1. The predicted octanol–water partition coefficient (Wildman–Crippen LogP) is 2.21. The maximum absolute atomic E-state index is 4.31. The molecule has 1 aromatic heterocycles. The van der Waals surface area contributed by atoms with Gasteiger partial charge in [0.25, 0.3) is 0 Å². The average molecular weight is 235 g/mol. The first-order valence-corrected chi connectivity index (χ1v) is 6.22. The van der Waals surface area contributed by atoms with E-state index in [-0.39, 0.29) is 5.54 Å². The van der Waals surface area contributed by atoms with Crippen molar-refractivity contribution in [3.8, 4) is 0 Å². The molecule has 0 saturated carbocycles. The molecular weight excluding hydrogens is 210 g/mol. The van der Waals surface area contributed by atoms with Crippen molar-refractivity contribution in [2.24, 2.45) is 0 Å². The van der Waals surface area contributed by atoms with E-state index in [2.05, 4.69) is 56.0 Å². The highest BCUT2D eigenvalue weighted by molar-refractivity contribution is 5.17. The number of pyridine rings is 1. The van der Waals surface area contributed by atoms with Gasteiger partial charge in [-0.25, -0.2) is 0 Å². The predicted molar refractivity (Wildman–Crippen MR) is 73.1 cm³/mol. The normalized spacial score (nSPS) is 12.1. The summed E-state index contributed by atoms with van der Waals surface area (Å²) in [7, 11) is 2.15. The molecule has 17 heavy (non-hydrogen) atoms. The number of nitrogens with zero attached hydrogens (tertiary/aromatic N) is 2. The summed E-state index contributed by atoms with van der Waals surface area (Å²) < 4.78 is 0. The fourth-order valence-corrected chi connectivity index (χ4v) is 1.68. The van der Waals surface area contributed by atoms with E-state index in [0.29, 0.717) is 0 Å². The molecule has 0 atom stereocenters. The van der Waals surface area contributed by atoms with Gasteiger partial charge in [0.15, 0.2) is 0 Å². The lowest BCUT2D eigenvalue weighted by Crippen LogP contribution is -2.40. The van der Waals surface area contributed by atoms with Crippen LogP contribution in [0.4, 0.5) is 0 Å². The minimum absolute atomic E-state index is 0.199. The zero-order chi connectivity index (χ0) is 12.9. The van der Waals surface area contributed by atoms with Crippen LogP contribution in [0.15, 0.2) is 18.3 Å². The van der Waals surface area contributed by atoms with Gasteiger partial charge in [-0.3, -0.25) is 4.98 Å². The molecule has 1 aromatic rings. The summed E-state index contributed by atoms with van der Waals surface area (Å²) in [6, 6.07) is 4.15. The van der Waals surface area contributed by atoms with Gasteiger partial charge in [-0.15, -0.1) is 0 Å². The smallest absolute Gasteiger partial charge is 0.0417 e. The summed E-state index contributed by atoms with van der Waals surface area (Å²) in [5, 5.41) is 3.50. The van der Waals surface area contributed by atoms with Gasteiger partial charge in [0.1, 0.15) is 0 Å². The Labute approximate surface area is 105 Å². The second kappa shape index (κ2) is 6.12. The maximum Gasteiger partial charge on any atom is 0.0417 e. The number of nitrogens with one attached hydrogen (secondary N) is 1. The molecular formula is C14H25N3. The third-order valence-corrected chi connectivity index (χ3v) is 2.71. The molecule has 1 rings (SSSR count). The largest absolute Gasteiger partial charge is 0.311 e. The molecule has 96 valence electrons. The van der Waals surface area contributed by atoms with E-state index < -0.39 is 0 Å². The molecule has 1 N–H and O–H groups in total. The summed E-state index contributed by atoms with van der Waals surface area (Å²) >= 11 is 0. The molecule has 0 bridgehead atoms. The highest BCUT2D eigenvalue weighted by Crippen LogP contribution is 2.06. The lowest BCUT2D eigenvalue weighted by atomic mass is 10.1. The summed E-state index contributed by atoms with van der Waals surface area (Å²) in [5.41, 5.74) is 2.64. The topological polar surface area (TPSA) is 28.2 Å². The number of likely N-dealkylation sites (N-methyl/N-ethyl adjacent to an activating group) is 1. The van der Waals surface area contributed by atoms with Crippen molar-refractivity contribution < 1.29 is 0 Å². The van der Waals surface area contributed by atoms with Gasteiger partial charge < -0.3 is 10.2 Å². The number of hydrogen-bond acceptors (Lipinski definition) is 3. The van der Waals surface area contributed by atoms with Crippen molar-refractivity contribution in [2.75, 3.05) is 20.1 Å². The first-order valence-electron chi connectivity index (χ1n) is 6.22. The quantitative estimate of drug-likeness (QED) is 0.848. The van der Waals surface area contributed by atoms with E-state index in [1.54, 1.807) is 0 Å². The van der Waals surface area contributed by atoms with E-state index in [1.165, 1.54) is 5.56 Å².